The number of hydrogen-bond acceptors (Lipinski definition) is 6. The van der Waals surface area contributed by atoms with Gasteiger partial charge in [0.2, 0.25) is 0 Å². The number of aromatic nitrogens is 2. The van der Waals surface area contributed by atoms with Crippen LogP contribution in [0, 0.1) is 6.92 Å². The molecule has 1 aliphatic heterocycles. The Kier molecular flexibility index (Phi) is 4.15. The SMILES string of the molecule is CNc1cc(C)nc(CSc2ccc3c(c2)OCCO3)n1. The van der Waals surface area contributed by atoms with E-state index >= 15 is 0 Å². The minimum atomic E-state index is 0.605. The summed E-state index contributed by atoms with van der Waals surface area (Å²) in [6.07, 6.45) is 0. The summed E-state index contributed by atoms with van der Waals surface area (Å²) in [5, 5.41) is 3.05. The molecule has 0 aliphatic carbocycles. The maximum Gasteiger partial charge on any atom is 0.162 e. The van der Waals surface area contributed by atoms with Crippen LogP contribution >= 0.6 is 11.8 Å². The number of aryl methyl sites for hydroxylation is 1. The number of ether oxygens (including phenoxy) is 2. The summed E-state index contributed by atoms with van der Waals surface area (Å²) >= 11 is 1.69. The molecule has 1 aromatic heterocycles. The summed E-state index contributed by atoms with van der Waals surface area (Å²) < 4.78 is 11.1. The Labute approximate surface area is 128 Å². The zero-order chi connectivity index (χ0) is 14.7. The van der Waals surface area contributed by atoms with Crippen LogP contribution in [0.2, 0.25) is 0 Å². The molecule has 0 radical (unpaired) electrons. The molecule has 21 heavy (non-hydrogen) atoms. The average molecular weight is 303 g/mol. The molecule has 5 nitrogen and oxygen atoms in total. The molecule has 0 saturated carbocycles. The summed E-state index contributed by atoms with van der Waals surface area (Å²) in [6.45, 7) is 3.19. The molecule has 1 N–H and O–H groups in total. The monoisotopic (exact) mass is 303 g/mol. The lowest BCUT2D eigenvalue weighted by Crippen LogP contribution is -2.15. The largest absolute Gasteiger partial charge is 0.486 e. The van der Waals surface area contributed by atoms with Crippen molar-refractivity contribution in [3.63, 3.8) is 0 Å². The molecule has 0 amide bonds. The number of fused-ring (bicyclic) bond motifs is 1. The second kappa shape index (κ2) is 6.22. The van der Waals surface area contributed by atoms with Crippen LogP contribution in [0.3, 0.4) is 0 Å². The van der Waals surface area contributed by atoms with Gasteiger partial charge in [0.05, 0.1) is 5.75 Å². The van der Waals surface area contributed by atoms with Crippen molar-refractivity contribution < 1.29 is 9.47 Å². The van der Waals surface area contributed by atoms with Crippen LogP contribution in [0.15, 0.2) is 29.2 Å². The van der Waals surface area contributed by atoms with Crippen LogP contribution < -0.4 is 14.8 Å². The summed E-state index contributed by atoms with van der Waals surface area (Å²) in [4.78, 5) is 10.0. The van der Waals surface area contributed by atoms with Crippen molar-refractivity contribution in [2.75, 3.05) is 25.6 Å². The van der Waals surface area contributed by atoms with Crippen molar-refractivity contribution in [1.82, 2.24) is 9.97 Å². The zero-order valence-corrected chi connectivity index (χ0v) is 12.9. The van der Waals surface area contributed by atoms with Gasteiger partial charge >= 0.3 is 0 Å². The summed E-state index contributed by atoms with van der Waals surface area (Å²) in [7, 11) is 1.86. The molecular formula is C15H17N3O2S. The van der Waals surface area contributed by atoms with Crippen LogP contribution in [0.5, 0.6) is 11.5 Å². The molecule has 0 atom stereocenters. The fourth-order valence-corrected chi connectivity index (χ4v) is 2.86. The third-order valence-electron chi connectivity index (χ3n) is 3.04. The average Bonchev–Trinajstić information content (AvgIpc) is 2.52. The Morgan fingerprint density at radius 2 is 1.95 bits per heavy atom. The highest BCUT2D eigenvalue weighted by atomic mass is 32.2. The maximum absolute atomic E-state index is 5.59. The molecule has 1 aromatic carbocycles. The topological polar surface area (TPSA) is 56.3 Å². The summed E-state index contributed by atoms with van der Waals surface area (Å²) in [5.41, 5.74) is 0.965. The first-order valence-corrected chi connectivity index (χ1v) is 7.78. The third kappa shape index (κ3) is 3.39. The molecule has 0 bridgehead atoms. The van der Waals surface area contributed by atoms with Crippen LogP contribution in [-0.4, -0.2) is 30.2 Å². The normalized spacial score (nSPS) is 13.0. The van der Waals surface area contributed by atoms with Gasteiger partial charge in [-0.1, -0.05) is 0 Å². The zero-order valence-electron chi connectivity index (χ0n) is 12.0. The molecule has 0 spiro atoms. The molecule has 3 rings (SSSR count). The van der Waals surface area contributed by atoms with Gasteiger partial charge in [-0.05, 0) is 25.1 Å². The number of anilines is 1. The first-order chi connectivity index (χ1) is 10.2. The maximum atomic E-state index is 5.59. The number of thioether (sulfide) groups is 1. The van der Waals surface area contributed by atoms with Crippen molar-refractivity contribution in [3.8, 4) is 11.5 Å². The van der Waals surface area contributed by atoms with E-state index in [0.29, 0.717) is 13.2 Å². The summed E-state index contributed by atoms with van der Waals surface area (Å²) in [5.74, 6) is 4.01. The van der Waals surface area contributed by atoms with Crippen molar-refractivity contribution in [3.05, 3.63) is 35.8 Å². The molecular weight excluding hydrogens is 286 g/mol. The van der Waals surface area contributed by atoms with Crippen molar-refractivity contribution in [2.24, 2.45) is 0 Å². The Morgan fingerprint density at radius 1 is 1.14 bits per heavy atom. The lowest BCUT2D eigenvalue weighted by Gasteiger charge is -2.18. The van der Waals surface area contributed by atoms with E-state index in [1.54, 1.807) is 11.8 Å². The van der Waals surface area contributed by atoms with E-state index in [0.717, 1.165) is 39.5 Å². The molecule has 110 valence electrons. The van der Waals surface area contributed by atoms with Gasteiger partial charge in [0.1, 0.15) is 24.9 Å². The predicted octanol–water partition coefficient (Wildman–Crippen LogP) is 2.89. The lowest BCUT2D eigenvalue weighted by molar-refractivity contribution is 0.171. The highest BCUT2D eigenvalue weighted by molar-refractivity contribution is 7.98. The Balaban J connectivity index is 1.71. The fourth-order valence-electron chi connectivity index (χ4n) is 2.08. The Morgan fingerprint density at radius 3 is 2.76 bits per heavy atom. The fraction of sp³-hybridized carbons (Fsp3) is 0.333. The van der Waals surface area contributed by atoms with Gasteiger partial charge in [0.15, 0.2) is 11.5 Å². The Hall–Kier alpha value is -1.95. The van der Waals surface area contributed by atoms with Crippen LogP contribution in [0.4, 0.5) is 5.82 Å². The van der Waals surface area contributed by atoms with Crippen molar-refractivity contribution in [2.45, 2.75) is 17.6 Å². The number of rotatable bonds is 4. The lowest BCUT2D eigenvalue weighted by atomic mass is 10.3. The van der Waals surface area contributed by atoms with E-state index in [4.69, 9.17) is 9.47 Å². The van der Waals surface area contributed by atoms with Crippen LogP contribution in [0.1, 0.15) is 11.5 Å². The van der Waals surface area contributed by atoms with Gasteiger partial charge in [0.25, 0.3) is 0 Å². The first-order valence-electron chi connectivity index (χ1n) is 6.79. The van der Waals surface area contributed by atoms with E-state index in [1.807, 2.05) is 38.2 Å². The number of benzene rings is 1. The molecule has 0 saturated heterocycles. The molecule has 0 unspecified atom stereocenters. The minimum absolute atomic E-state index is 0.605. The van der Waals surface area contributed by atoms with Gasteiger partial charge in [-0.2, -0.15) is 0 Å². The molecule has 2 aromatic rings. The quantitative estimate of drug-likeness (QED) is 0.877. The van der Waals surface area contributed by atoms with E-state index in [9.17, 15) is 0 Å². The van der Waals surface area contributed by atoms with E-state index in [-0.39, 0.29) is 0 Å². The minimum Gasteiger partial charge on any atom is -0.486 e. The number of nitrogens with zero attached hydrogens (tertiary/aromatic N) is 2. The third-order valence-corrected chi connectivity index (χ3v) is 4.03. The molecule has 6 heteroatoms. The van der Waals surface area contributed by atoms with Crippen LogP contribution in [0.25, 0.3) is 0 Å². The van der Waals surface area contributed by atoms with Crippen molar-refractivity contribution >= 4 is 17.6 Å². The van der Waals surface area contributed by atoms with Gasteiger partial charge < -0.3 is 14.8 Å². The second-order valence-corrected chi connectivity index (χ2v) is 5.70. The number of hydrogen-bond donors (Lipinski definition) is 1. The van der Waals surface area contributed by atoms with E-state index in [1.165, 1.54) is 0 Å². The van der Waals surface area contributed by atoms with Gasteiger partial charge in [-0.25, -0.2) is 9.97 Å². The predicted molar refractivity (Wildman–Crippen MR) is 83.3 cm³/mol. The van der Waals surface area contributed by atoms with Gasteiger partial charge in [-0.15, -0.1) is 11.8 Å². The van der Waals surface area contributed by atoms with Gasteiger partial charge in [0, 0.05) is 23.7 Å². The number of nitrogens with one attached hydrogen (secondary N) is 1. The Bertz CT molecular complexity index is 649. The second-order valence-electron chi connectivity index (χ2n) is 4.65. The molecule has 1 aliphatic rings. The van der Waals surface area contributed by atoms with Crippen LogP contribution in [-0.2, 0) is 5.75 Å². The van der Waals surface area contributed by atoms with Crippen molar-refractivity contribution in [1.29, 1.82) is 0 Å². The smallest absolute Gasteiger partial charge is 0.162 e. The van der Waals surface area contributed by atoms with E-state index < -0.39 is 0 Å². The summed E-state index contributed by atoms with van der Waals surface area (Å²) in [6, 6.07) is 7.92. The first kappa shape index (κ1) is 14.0. The molecule has 2 heterocycles. The standard InChI is InChI=1S/C15H17N3O2S/c1-10-7-14(16-2)18-15(17-10)9-21-11-3-4-12-13(8-11)20-6-5-19-12/h3-4,7-8H,5-6,9H2,1-2H3,(H,16,17,18). The highest BCUT2D eigenvalue weighted by Gasteiger charge is 2.12. The molecule has 0 fully saturated rings. The van der Waals surface area contributed by atoms with Gasteiger partial charge in [-0.3, -0.25) is 0 Å². The van der Waals surface area contributed by atoms with E-state index in [2.05, 4.69) is 15.3 Å². The highest BCUT2D eigenvalue weighted by Crippen LogP contribution is 2.34.